The van der Waals surface area contributed by atoms with Gasteiger partial charge in [-0.25, -0.2) is 4.68 Å². The summed E-state index contributed by atoms with van der Waals surface area (Å²) in [7, 11) is 0. The Hall–Kier alpha value is -2.12. The Morgan fingerprint density at radius 3 is 2.68 bits per heavy atom. The van der Waals surface area contributed by atoms with E-state index in [2.05, 4.69) is 27.9 Å². The van der Waals surface area contributed by atoms with E-state index < -0.39 is 0 Å². The van der Waals surface area contributed by atoms with Gasteiger partial charge in [0, 0.05) is 12.6 Å². The minimum Gasteiger partial charge on any atom is -0.491 e. The summed E-state index contributed by atoms with van der Waals surface area (Å²) in [4.78, 5) is 12.8. The molecule has 0 saturated carbocycles. The second-order valence-corrected chi connectivity index (χ2v) is 7.36. The fraction of sp³-hybridized carbons (Fsp3) is 0.550. The number of halogens is 1. The number of carbonyl (C=O) groups excluding carboxylic acids is 1. The van der Waals surface area contributed by atoms with Gasteiger partial charge in [0.15, 0.2) is 5.69 Å². The van der Waals surface area contributed by atoms with Gasteiger partial charge >= 0.3 is 0 Å². The van der Waals surface area contributed by atoms with Crippen molar-refractivity contribution in [3.05, 3.63) is 35.7 Å². The molecule has 1 amide bonds. The van der Waals surface area contributed by atoms with E-state index in [1.165, 1.54) is 0 Å². The number of nitrogens with one attached hydrogen (secondary N) is 2. The molecule has 3 rings (SSSR count). The van der Waals surface area contributed by atoms with E-state index in [0.717, 1.165) is 36.6 Å². The Morgan fingerprint density at radius 2 is 2.07 bits per heavy atom. The van der Waals surface area contributed by atoms with Crippen LogP contribution in [0.3, 0.4) is 0 Å². The minimum atomic E-state index is -0.154. The van der Waals surface area contributed by atoms with Crippen LogP contribution in [0.25, 0.3) is 5.69 Å². The number of hydrogen-bond donors (Lipinski definition) is 2. The zero-order valence-electron chi connectivity index (χ0n) is 16.9. The Kier molecular flexibility index (Phi) is 7.83. The predicted molar refractivity (Wildman–Crippen MR) is 112 cm³/mol. The monoisotopic (exact) mass is 407 g/mol. The average Bonchev–Trinajstić information content (AvgIpc) is 3.08. The average molecular weight is 408 g/mol. The van der Waals surface area contributed by atoms with E-state index in [1.54, 1.807) is 4.68 Å². The van der Waals surface area contributed by atoms with Crippen molar-refractivity contribution in [2.24, 2.45) is 5.92 Å². The molecular weight excluding hydrogens is 378 g/mol. The quantitative estimate of drug-likeness (QED) is 0.769. The maximum atomic E-state index is 12.8. The molecule has 0 bridgehead atoms. The molecule has 0 aliphatic carbocycles. The van der Waals surface area contributed by atoms with Gasteiger partial charge in [-0.1, -0.05) is 19.1 Å². The molecule has 1 saturated heterocycles. The van der Waals surface area contributed by atoms with Gasteiger partial charge in [0.1, 0.15) is 5.75 Å². The summed E-state index contributed by atoms with van der Waals surface area (Å²) >= 11 is 0. The van der Waals surface area contributed by atoms with Gasteiger partial charge in [0.05, 0.1) is 17.5 Å². The first kappa shape index (κ1) is 22.2. The molecule has 154 valence electrons. The zero-order chi connectivity index (χ0) is 19.4. The van der Waals surface area contributed by atoms with Crippen LogP contribution < -0.4 is 15.4 Å². The molecule has 2 heterocycles. The lowest BCUT2D eigenvalue weighted by Crippen LogP contribution is -2.50. The highest BCUT2D eigenvalue weighted by Gasteiger charge is 2.26. The lowest BCUT2D eigenvalue weighted by molar-refractivity contribution is 0.0909. The molecule has 0 radical (unpaired) electrons. The first-order valence-corrected chi connectivity index (χ1v) is 9.72. The molecule has 1 aliphatic rings. The van der Waals surface area contributed by atoms with Gasteiger partial charge < -0.3 is 15.4 Å². The molecule has 2 aromatic rings. The highest BCUT2D eigenvalue weighted by atomic mass is 35.5. The van der Waals surface area contributed by atoms with Gasteiger partial charge in [-0.15, -0.1) is 17.5 Å². The Labute approximate surface area is 172 Å². The van der Waals surface area contributed by atoms with E-state index in [1.807, 2.05) is 45.0 Å². The van der Waals surface area contributed by atoms with Crippen molar-refractivity contribution in [1.29, 1.82) is 0 Å². The van der Waals surface area contributed by atoms with E-state index in [4.69, 9.17) is 4.74 Å². The fourth-order valence-electron chi connectivity index (χ4n) is 3.36. The van der Waals surface area contributed by atoms with Crippen LogP contribution in [0.15, 0.2) is 24.3 Å². The van der Waals surface area contributed by atoms with Crippen LogP contribution in [0.4, 0.5) is 0 Å². The second kappa shape index (κ2) is 9.89. The third-order valence-corrected chi connectivity index (χ3v) is 4.91. The lowest BCUT2D eigenvalue weighted by Gasteiger charge is -2.30. The van der Waals surface area contributed by atoms with Crippen LogP contribution in [0.1, 0.15) is 50.3 Å². The van der Waals surface area contributed by atoms with Gasteiger partial charge in [0.2, 0.25) is 0 Å². The van der Waals surface area contributed by atoms with Gasteiger partial charge in [0.25, 0.3) is 5.91 Å². The smallest absolute Gasteiger partial charge is 0.274 e. The summed E-state index contributed by atoms with van der Waals surface area (Å²) in [5, 5.41) is 14.9. The van der Waals surface area contributed by atoms with Crippen molar-refractivity contribution >= 4 is 18.3 Å². The Balaban J connectivity index is 0.00000280. The zero-order valence-corrected chi connectivity index (χ0v) is 17.8. The maximum absolute atomic E-state index is 12.8. The number of ether oxygens (including phenoxy) is 1. The SMILES string of the molecule is CCc1c(C(=O)NC2CNCCC2C)nnn1-c1ccc(OC(C)C)cc1.Cl. The van der Waals surface area contributed by atoms with Crippen LogP contribution in [0.5, 0.6) is 5.75 Å². The molecule has 1 aromatic heterocycles. The van der Waals surface area contributed by atoms with E-state index in [0.29, 0.717) is 18.0 Å². The largest absolute Gasteiger partial charge is 0.491 e. The van der Waals surface area contributed by atoms with Crippen molar-refractivity contribution in [1.82, 2.24) is 25.6 Å². The third-order valence-electron chi connectivity index (χ3n) is 4.91. The molecule has 2 atom stereocenters. The summed E-state index contributed by atoms with van der Waals surface area (Å²) < 4.78 is 7.42. The van der Waals surface area contributed by atoms with Gasteiger partial charge in [-0.2, -0.15) is 0 Å². The molecule has 2 N–H and O–H groups in total. The highest BCUT2D eigenvalue weighted by Crippen LogP contribution is 2.19. The van der Waals surface area contributed by atoms with Crippen molar-refractivity contribution in [2.75, 3.05) is 13.1 Å². The van der Waals surface area contributed by atoms with E-state index in [-0.39, 0.29) is 30.5 Å². The first-order chi connectivity index (χ1) is 13.0. The van der Waals surface area contributed by atoms with Crippen LogP contribution in [-0.4, -0.2) is 46.1 Å². The topological polar surface area (TPSA) is 81.1 Å². The fourth-order valence-corrected chi connectivity index (χ4v) is 3.36. The van der Waals surface area contributed by atoms with Crippen molar-refractivity contribution in [3.8, 4) is 11.4 Å². The molecule has 2 unspecified atom stereocenters. The molecule has 28 heavy (non-hydrogen) atoms. The van der Waals surface area contributed by atoms with Crippen LogP contribution >= 0.6 is 12.4 Å². The lowest BCUT2D eigenvalue weighted by atomic mass is 9.94. The number of amides is 1. The Bertz CT molecular complexity index is 775. The summed E-state index contributed by atoms with van der Waals surface area (Å²) in [6, 6.07) is 7.80. The van der Waals surface area contributed by atoms with Gasteiger partial charge in [-0.05, 0) is 63.4 Å². The van der Waals surface area contributed by atoms with Crippen molar-refractivity contribution in [3.63, 3.8) is 0 Å². The maximum Gasteiger partial charge on any atom is 0.274 e. The first-order valence-electron chi connectivity index (χ1n) is 9.72. The molecule has 0 spiro atoms. The number of benzene rings is 1. The summed E-state index contributed by atoms with van der Waals surface area (Å²) in [6.45, 7) is 9.96. The number of nitrogens with zero attached hydrogens (tertiary/aromatic N) is 3. The van der Waals surface area contributed by atoms with Crippen molar-refractivity contribution < 1.29 is 9.53 Å². The predicted octanol–water partition coefficient (Wildman–Crippen LogP) is 2.77. The van der Waals surface area contributed by atoms with Crippen LogP contribution in [0.2, 0.25) is 0 Å². The van der Waals surface area contributed by atoms with Crippen LogP contribution in [0, 0.1) is 5.92 Å². The van der Waals surface area contributed by atoms with Crippen molar-refractivity contribution in [2.45, 2.75) is 52.7 Å². The minimum absolute atomic E-state index is 0. The summed E-state index contributed by atoms with van der Waals surface area (Å²) in [5.41, 5.74) is 2.07. The van der Waals surface area contributed by atoms with E-state index >= 15 is 0 Å². The molecule has 1 aromatic carbocycles. The number of aromatic nitrogens is 3. The normalized spacial score (nSPS) is 19.2. The summed E-state index contributed by atoms with van der Waals surface area (Å²) in [5.74, 6) is 1.10. The van der Waals surface area contributed by atoms with Gasteiger partial charge in [-0.3, -0.25) is 4.79 Å². The third kappa shape index (κ3) is 5.02. The number of piperidine rings is 1. The van der Waals surface area contributed by atoms with E-state index in [9.17, 15) is 4.79 Å². The molecule has 1 fully saturated rings. The number of hydrogen-bond acceptors (Lipinski definition) is 5. The molecular formula is C20H30ClN5O2. The molecule has 8 heteroatoms. The number of carbonyl (C=O) groups is 1. The van der Waals surface area contributed by atoms with Crippen LogP contribution in [-0.2, 0) is 6.42 Å². The second-order valence-electron chi connectivity index (χ2n) is 7.36. The molecule has 1 aliphatic heterocycles. The highest BCUT2D eigenvalue weighted by molar-refractivity contribution is 5.93. The molecule has 7 nitrogen and oxygen atoms in total. The standard InChI is InChI=1S/C20H29N5O2.ClH/c1-5-18-19(20(26)22-17-12-21-11-10-14(17)4)23-24-25(18)15-6-8-16(9-7-15)27-13(2)3;/h6-9,13-14,17,21H,5,10-12H2,1-4H3,(H,22,26);1H. The number of rotatable bonds is 6. The summed E-state index contributed by atoms with van der Waals surface area (Å²) in [6.07, 6.45) is 1.85. The Morgan fingerprint density at radius 1 is 1.36 bits per heavy atom.